The zero-order chi connectivity index (χ0) is 9.26. The summed E-state index contributed by atoms with van der Waals surface area (Å²) in [6.07, 6.45) is 4.12. The molecule has 2 aromatic rings. The van der Waals surface area contributed by atoms with E-state index in [1.165, 1.54) is 17.4 Å². The van der Waals surface area contributed by atoms with E-state index in [0.717, 1.165) is 5.56 Å². The largest absolute Gasteiger partial charge is 0.444 e. The van der Waals surface area contributed by atoms with E-state index >= 15 is 0 Å². The lowest BCUT2D eigenvalue weighted by atomic mass is 10.1. The Labute approximate surface area is 77.2 Å². The Hall–Kier alpha value is -1.57. The Balaban J connectivity index is 2.53. The lowest BCUT2D eigenvalue weighted by molar-refractivity contribution is 0.574. The first-order valence-electron chi connectivity index (χ1n) is 4.16. The third kappa shape index (κ3) is 1.47. The van der Waals surface area contributed by atoms with Crippen molar-refractivity contribution in [2.24, 2.45) is 0 Å². The number of aryl methyl sites for hydroxylation is 2. The molecule has 13 heavy (non-hydrogen) atoms. The zero-order valence-corrected chi connectivity index (χ0v) is 7.66. The highest BCUT2D eigenvalue weighted by Crippen LogP contribution is 2.21. The number of hydrogen-bond acceptors (Lipinski definition) is 2. The number of oxazole rings is 1. The summed E-state index contributed by atoms with van der Waals surface area (Å²) in [4.78, 5) is 3.99. The van der Waals surface area contributed by atoms with Gasteiger partial charge in [0.15, 0.2) is 0 Å². The van der Waals surface area contributed by atoms with Crippen LogP contribution in [0.5, 0.6) is 0 Å². The lowest BCUT2D eigenvalue weighted by Crippen LogP contribution is -1.83. The molecule has 0 unspecified atom stereocenters. The minimum atomic E-state index is 0.637. The Morgan fingerprint density at radius 3 is 2.77 bits per heavy atom. The van der Waals surface area contributed by atoms with Crippen molar-refractivity contribution in [2.45, 2.75) is 13.8 Å². The minimum absolute atomic E-state index is 0.637. The number of benzene rings is 1. The fraction of sp³-hybridized carbons (Fsp3) is 0.182. The molecule has 1 radical (unpaired) electrons. The molecular weight excluding hydrogens is 162 g/mol. The van der Waals surface area contributed by atoms with Crippen molar-refractivity contribution in [2.75, 3.05) is 0 Å². The number of hydrogen-bond donors (Lipinski definition) is 0. The van der Waals surface area contributed by atoms with Crippen LogP contribution in [-0.4, -0.2) is 4.98 Å². The minimum Gasteiger partial charge on any atom is -0.444 e. The molecule has 0 saturated heterocycles. The molecule has 2 nitrogen and oxygen atoms in total. The molecule has 0 saturated carbocycles. The molecule has 1 heterocycles. The van der Waals surface area contributed by atoms with Crippen LogP contribution >= 0.6 is 0 Å². The van der Waals surface area contributed by atoms with Crippen molar-refractivity contribution in [1.82, 2.24) is 4.98 Å². The van der Waals surface area contributed by atoms with Gasteiger partial charge in [-0.1, -0.05) is 17.7 Å². The predicted molar refractivity (Wildman–Crippen MR) is 50.2 cm³/mol. The molecule has 0 N–H and O–H groups in total. The van der Waals surface area contributed by atoms with E-state index in [0.29, 0.717) is 5.89 Å². The Morgan fingerprint density at radius 1 is 1.31 bits per heavy atom. The summed E-state index contributed by atoms with van der Waals surface area (Å²) in [6, 6.07) is 6.18. The van der Waals surface area contributed by atoms with E-state index in [1.807, 2.05) is 19.1 Å². The van der Waals surface area contributed by atoms with E-state index in [9.17, 15) is 0 Å². The van der Waals surface area contributed by atoms with Gasteiger partial charge in [-0.25, -0.2) is 4.98 Å². The normalized spacial score (nSPS) is 10.3. The van der Waals surface area contributed by atoms with Crippen LogP contribution in [0.3, 0.4) is 0 Å². The average Bonchev–Trinajstić information content (AvgIpc) is 2.56. The smallest absolute Gasteiger partial charge is 0.226 e. The van der Waals surface area contributed by atoms with E-state index in [4.69, 9.17) is 4.42 Å². The summed E-state index contributed by atoms with van der Waals surface area (Å²) in [5.74, 6) is 0.637. The lowest BCUT2D eigenvalue weighted by Gasteiger charge is -2.01. The maximum atomic E-state index is 5.17. The molecule has 2 heteroatoms. The molecule has 65 valence electrons. The molecule has 0 aliphatic heterocycles. The molecule has 0 atom stereocenters. The number of aromatic nitrogens is 1. The molecule has 0 aliphatic carbocycles. The molecule has 0 aliphatic rings. The summed E-state index contributed by atoms with van der Waals surface area (Å²) < 4.78 is 5.17. The van der Waals surface area contributed by atoms with Crippen LogP contribution in [0.15, 0.2) is 28.9 Å². The van der Waals surface area contributed by atoms with Crippen LogP contribution in [0.4, 0.5) is 0 Å². The van der Waals surface area contributed by atoms with Crippen molar-refractivity contribution < 1.29 is 4.42 Å². The van der Waals surface area contributed by atoms with E-state index in [1.54, 1.807) is 0 Å². The summed E-state index contributed by atoms with van der Waals surface area (Å²) in [5, 5.41) is 0. The molecule has 1 aromatic carbocycles. The van der Waals surface area contributed by atoms with Crippen molar-refractivity contribution >= 4 is 0 Å². The van der Waals surface area contributed by atoms with Gasteiger partial charge in [0.1, 0.15) is 12.5 Å². The van der Waals surface area contributed by atoms with Gasteiger partial charge in [0.05, 0.1) is 0 Å². The second-order valence-corrected chi connectivity index (χ2v) is 3.10. The third-order valence-electron chi connectivity index (χ3n) is 2.00. The average molecular weight is 172 g/mol. The second-order valence-electron chi connectivity index (χ2n) is 3.10. The van der Waals surface area contributed by atoms with Gasteiger partial charge in [-0.2, -0.15) is 0 Å². The molecule has 0 bridgehead atoms. The molecule has 0 amide bonds. The van der Waals surface area contributed by atoms with Gasteiger partial charge in [-0.05, 0) is 25.5 Å². The summed E-state index contributed by atoms with van der Waals surface area (Å²) in [5.41, 5.74) is 3.46. The van der Waals surface area contributed by atoms with E-state index in [2.05, 4.69) is 24.2 Å². The van der Waals surface area contributed by atoms with Gasteiger partial charge in [-0.3, -0.25) is 0 Å². The molecular formula is C11H10NO. The number of nitrogens with zero attached hydrogens (tertiary/aromatic N) is 1. The Morgan fingerprint density at radius 2 is 2.15 bits per heavy atom. The van der Waals surface area contributed by atoms with Crippen LogP contribution < -0.4 is 0 Å². The van der Waals surface area contributed by atoms with Crippen LogP contribution in [0, 0.1) is 20.0 Å². The quantitative estimate of drug-likeness (QED) is 0.661. The highest BCUT2D eigenvalue weighted by Gasteiger charge is 2.05. The zero-order valence-electron chi connectivity index (χ0n) is 7.66. The first kappa shape index (κ1) is 8.05. The summed E-state index contributed by atoms with van der Waals surface area (Å²) in [7, 11) is 0. The van der Waals surface area contributed by atoms with Gasteiger partial charge in [0.25, 0.3) is 0 Å². The third-order valence-corrected chi connectivity index (χ3v) is 2.00. The van der Waals surface area contributed by atoms with Gasteiger partial charge in [-0.15, -0.1) is 0 Å². The molecule has 0 fully saturated rings. The maximum absolute atomic E-state index is 5.17. The predicted octanol–water partition coefficient (Wildman–Crippen LogP) is 2.76. The number of rotatable bonds is 1. The van der Waals surface area contributed by atoms with Crippen molar-refractivity contribution in [1.29, 1.82) is 0 Å². The maximum Gasteiger partial charge on any atom is 0.226 e. The summed E-state index contributed by atoms with van der Waals surface area (Å²) >= 11 is 0. The Bertz CT molecular complexity index is 404. The summed E-state index contributed by atoms with van der Waals surface area (Å²) in [6.45, 7) is 4.12. The van der Waals surface area contributed by atoms with Gasteiger partial charge >= 0.3 is 0 Å². The van der Waals surface area contributed by atoms with Gasteiger partial charge in [0, 0.05) is 5.56 Å². The standard InChI is InChI=1S/C11H10NO/c1-8-3-4-10(9(2)7-8)11-12-5-6-13-11/h3-4,6-7H,1-2H3. The topological polar surface area (TPSA) is 26.0 Å². The highest BCUT2D eigenvalue weighted by atomic mass is 16.3. The first-order chi connectivity index (χ1) is 6.27. The molecule has 2 rings (SSSR count). The Kier molecular flexibility index (Phi) is 1.89. The monoisotopic (exact) mass is 172 g/mol. The fourth-order valence-corrected chi connectivity index (χ4v) is 1.37. The molecule has 0 spiro atoms. The van der Waals surface area contributed by atoms with E-state index < -0.39 is 0 Å². The van der Waals surface area contributed by atoms with Gasteiger partial charge in [0.2, 0.25) is 5.89 Å². The van der Waals surface area contributed by atoms with Crippen molar-refractivity contribution in [3.05, 3.63) is 41.8 Å². The van der Waals surface area contributed by atoms with E-state index in [-0.39, 0.29) is 0 Å². The van der Waals surface area contributed by atoms with Crippen molar-refractivity contribution in [3.8, 4) is 11.5 Å². The molecule has 1 aromatic heterocycles. The van der Waals surface area contributed by atoms with Crippen LogP contribution in [0.25, 0.3) is 11.5 Å². The van der Waals surface area contributed by atoms with Crippen LogP contribution in [0.2, 0.25) is 0 Å². The SMILES string of the molecule is Cc1ccc(-c2n[c]co2)c(C)c1. The second kappa shape index (κ2) is 3.05. The highest BCUT2D eigenvalue weighted by molar-refractivity contribution is 5.58. The van der Waals surface area contributed by atoms with Crippen LogP contribution in [-0.2, 0) is 0 Å². The first-order valence-corrected chi connectivity index (χ1v) is 4.16. The van der Waals surface area contributed by atoms with Gasteiger partial charge < -0.3 is 4.42 Å². The van der Waals surface area contributed by atoms with Crippen LogP contribution in [0.1, 0.15) is 11.1 Å². The van der Waals surface area contributed by atoms with Crippen molar-refractivity contribution in [3.63, 3.8) is 0 Å². The fourth-order valence-electron chi connectivity index (χ4n) is 1.37.